The summed E-state index contributed by atoms with van der Waals surface area (Å²) in [6.45, 7) is 2.08. The molecule has 1 unspecified atom stereocenters. The van der Waals surface area contributed by atoms with Crippen molar-refractivity contribution in [3.05, 3.63) is 18.2 Å². The second-order valence-electron chi connectivity index (χ2n) is 4.18. The van der Waals surface area contributed by atoms with Crippen molar-refractivity contribution in [2.45, 2.75) is 23.5 Å². The summed E-state index contributed by atoms with van der Waals surface area (Å²) in [5.74, 6) is -0.581. The van der Waals surface area contributed by atoms with Gasteiger partial charge in [-0.2, -0.15) is 0 Å². The van der Waals surface area contributed by atoms with Crippen molar-refractivity contribution in [1.82, 2.24) is 0 Å². The summed E-state index contributed by atoms with van der Waals surface area (Å²) >= 11 is 0. The Labute approximate surface area is 110 Å². The predicted octanol–water partition coefficient (Wildman–Crippen LogP) is 1.09. The first-order valence-electron chi connectivity index (χ1n) is 5.79. The number of ether oxygens (including phenoxy) is 2. The lowest BCUT2D eigenvalue weighted by molar-refractivity contribution is -0.136. The van der Waals surface area contributed by atoms with Gasteiger partial charge in [0, 0.05) is 12.5 Å². The summed E-state index contributed by atoms with van der Waals surface area (Å²) in [6, 6.07) is 4.14. The lowest BCUT2D eigenvalue weighted by atomic mass is 10.3. The van der Waals surface area contributed by atoms with Crippen LogP contribution in [0.4, 0.5) is 0 Å². The molecule has 1 N–H and O–H groups in total. The standard InChI is InChI=1S/C12H14O6S/c1-8(12(13)14)19(15,16)9-3-4-10-11(7-9)18-6-2-5-17-10/h3-4,7-8H,2,5-6H2,1H3,(H,13,14). The van der Waals surface area contributed by atoms with E-state index in [2.05, 4.69) is 0 Å². The van der Waals surface area contributed by atoms with Crippen LogP contribution in [0.25, 0.3) is 0 Å². The Morgan fingerprint density at radius 3 is 2.53 bits per heavy atom. The molecule has 1 aliphatic rings. The molecule has 0 saturated heterocycles. The third-order valence-corrected chi connectivity index (χ3v) is 4.90. The van der Waals surface area contributed by atoms with E-state index in [9.17, 15) is 13.2 Å². The van der Waals surface area contributed by atoms with Gasteiger partial charge in [0.05, 0.1) is 18.1 Å². The third kappa shape index (κ3) is 2.65. The van der Waals surface area contributed by atoms with Crippen molar-refractivity contribution < 1.29 is 27.8 Å². The molecule has 0 saturated carbocycles. The maximum Gasteiger partial charge on any atom is 0.321 e. The first-order chi connectivity index (χ1) is 8.93. The Morgan fingerprint density at radius 1 is 1.26 bits per heavy atom. The molecule has 1 aromatic rings. The molecule has 6 nitrogen and oxygen atoms in total. The van der Waals surface area contributed by atoms with Gasteiger partial charge in [0.1, 0.15) is 0 Å². The molecular weight excluding hydrogens is 272 g/mol. The summed E-state index contributed by atoms with van der Waals surface area (Å²) in [6.07, 6.45) is 0.711. The van der Waals surface area contributed by atoms with E-state index in [1.807, 2.05) is 0 Å². The Kier molecular flexibility index (Phi) is 3.66. The second kappa shape index (κ2) is 5.08. The molecule has 0 spiro atoms. The van der Waals surface area contributed by atoms with Crippen molar-refractivity contribution in [3.63, 3.8) is 0 Å². The molecule has 104 valence electrons. The Hall–Kier alpha value is -1.76. The van der Waals surface area contributed by atoms with Crippen LogP contribution >= 0.6 is 0 Å². The number of aliphatic carboxylic acids is 1. The van der Waals surface area contributed by atoms with Crippen molar-refractivity contribution in [2.75, 3.05) is 13.2 Å². The van der Waals surface area contributed by atoms with E-state index < -0.39 is 21.1 Å². The maximum absolute atomic E-state index is 12.1. The van der Waals surface area contributed by atoms with E-state index in [1.54, 1.807) is 0 Å². The summed E-state index contributed by atoms with van der Waals surface area (Å²) in [5, 5.41) is 7.32. The SMILES string of the molecule is CC(C(=O)O)S(=O)(=O)c1ccc2c(c1)OCCCO2. The van der Waals surface area contributed by atoms with Crippen LogP contribution in [0, 0.1) is 0 Å². The third-order valence-electron chi connectivity index (χ3n) is 2.86. The van der Waals surface area contributed by atoms with E-state index in [0.717, 1.165) is 6.92 Å². The Bertz CT molecular complexity index is 592. The Morgan fingerprint density at radius 2 is 1.89 bits per heavy atom. The van der Waals surface area contributed by atoms with Crippen LogP contribution in [-0.4, -0.2) is 38.0 Å². The fourth-order valence-corrected chi connectivity index (χ4v) is 2.86. The summed E-state index contributed by atoms with van der Waals surface area (Å²) < 4.78 is 34.9. The number of benzene rings is 1. The van der Waals surface area contributed by atoms with Crippen molar-refractivity contribution in [3.8, 4) is 11.5 Å². The van der Waals surface area contributed by atoms with Gasteiger partial charge in [0.2, 0.25) is 0 Å². The minimum absolute atomic E-state index is 0.0772. The van der Waals surface area contributed by atoms with Gasteiger partial charge in [0.15, 0.2) is 26.6 Å². The molecule has 1 aliphatic heterocycles. The molecule has 0 aromatic heterocycles. The summed E-state index contributed by atoms with van der Waals surface area (Å²) in [7, 11) is -3.92. The maximum atomic E-state index is 12.1. The molecule has 0 fully saturated rings. The number of rotatable bonds is 3. The molecule has 19 heavy (non-hydrogen) atoms. The van der Waals surface area contributed by atoms with Crippen LogP contribution in [0.5, 0.6) is 11.5 Å². The molecule has 2 rings (SSSR count). The molecule has 7 heteroatoms. The van der Waals surface area contributed by atoms with Crippen molar-refractivity contribution in [2.24, 2.45) is 0 Å². The fraction of sp³-hybridized carbons (Fsp3) is 0.417. The van der Waals surface area contributed by atoms with E-state index in [1.165, 1.54) is 18.2 Å². The molecule has 0 aliphatic carbocycles. The Balaban J connectivity index is 2.42. The number of carbonyl (C=O) groups is 1. The van der Waals surface area contributed by atoms with Crippen LogP contribution in [0.3, 0.4) is 0 Å². The van der Waals surface area contributed by atoms with Crippen LogP contribution in [0.15, 0.2) is 23.1 Å². The van der Waals surface area contributed by atoms with Crippen molar-refractivity contribution in [1.29, 1.82) is 0 Å². The quantitative estimate of drug-likeness (QED) is 0.894. The van der Waals surface area contributed by atoms with Crippen LogP contribution in [0.2, 0.25) is 0 Å². The van der Waals surface area contributed by atoms with E-state index in [-0.39, 0.29) is 4.90 Å². The summed E-state index contributed by atoms with van der Waals surface area (Å²) in [4.78, 5) is 10.8. The highest BCUT2D eigenvalue weighted by molar-refractivity contribution is 7.92. The van der Waals surface area contributed by atoms with E-state index >= 15 is 0 Å². The number of sulfone groups is 1. The first-order valence-corrected chi connectivity index (χ1v) is 7.34. The van der Waals surface area contributed by atoms with Gasteiger partial charge in [-0.3, -0.25) is 4.79 Å². The van der Waals surface area contributed by atoms with Gasteiger partial charge in [-0.1, -0.05) is 0 Å². The van der Waals surface area contributed by atoms with Gasteiger partial charge in [0.25, 0.3) is 0 Å². The topological polar surface area (TPSA) is 89.9 Å². The van der Waals surface area contributed by atoms with E-state index in [4.69, 9.17) is 14.6 Å². The number of hydrogen-bond acceptors (Lipinski definition) is 5. The van der Waals surface area contributed by atoms with Crippen LogP contribution in [-0.2, 0) is 14.6 Å². The van der Waals surface area contributed by atoms with Gasteiger partial charge >= 0.3 is 5.97 Å². The number of hydrogen-bond donors (Lipinski definition) is 1. The van der Waals surface area contributed by atoms with Gasteiger partial charge < -0.3 is 14.6 Å². The first kappa shape index (κ1) is 13.7. The smallest absolute Gasteiger partial charge is 0.321 e. The highest BCUT2D eigenvalue weighted by Gasteiger charge is 2.30. The van der Waals surface area contributed by atoms with Gasteiger partial charge in [-0.25, -0.2) is 8.42 Å². The fourth-order valence-electron chi connectivity index (χ4n) is 1.66. The molecule has 0 bridgehead atoms. The average Bonchev–Trinajstić information content (AvgIpc) is 2.61. The molecule has 1 atom stereocenters. The highest BCUT2D eigenvalue weighted by Crippen LogP contribution is 2.32. The lowest BCUT2D eigenvalue weighted by Crippen LogP contribution is -2.26. The zero-order valence-corrected chi connectivity index (χ0v) is 11.1. The van der Waals surface area contributed by atoms with Crippen LogP contribution in [0.1, 0.15) is 13.3 Å². The molecule has 0 radical (unpaired) electrons. The van der Waals surface area contributed by atoms with Crippen molar-refractivity contribution >= 4 is 15.8 Å². The molecular formula is C12H14O6S. The monoisotopic (exact) mass is 286 g/mol. The lowest BCUT2D eigenvalue weighted by Gasteiger charge is -2.12. The number of carboxylic acids is 1. The number of carboxylic acid groups (broad SMARTS) is 1. The van der Waals surface area contributed by atoms with Gasteiger partial charge in [-0.15, -0.1) is 0 Å². The average molecular weight is 286 g/mol. The summed E-state index contributed by atoms with van der Waals surface area (Å²) in [5.41, 5.74) is 0. The van der Waals surface area contributed by atoms with Crippen LogP contribution < -0.4 is 9.47 Å². The zero-order valence-electron chi connectivity index (χ0n) is 10.3. The minimum atomic E-state index is -3.92. The second-order valence-corrected chi connectivity index (χ2v) is 6.45. The normalized spacial score (nSPS) is 16.5. The van der Waals surface area contributed by atoms with Gasteiger partial charge in [-0.05, 0) is 19.1 Å². The highest BCUT2D eigenvalue weighted by atomic mass is 32.2. The molecule has 1 aromatic carbocycles. The zero-order chi connectivity index (χ0) is 14.0. The minimum Gasteiger partial charge on any atom is -0.490 e. The molecule has 1 heterocycles. The largest absolute Gasteiger partial charge is 0.490 e. The predicted molar refractivity (Wildman–Crippen MR) is 66.3 cm³/mol. The van der Waals surface area contributed by atoms with E-state index in [0.29, 0.717) is 31.1 Å². The number of fused-ring (bicyclic) bond motifs is 1. The molecule has 0 amide bonds.